The molecule has 0 aliphatic rings. The molecule has 0 amide bonds. The summed E-state index contributed by atoms with van der Waals surface area (Å²) in [5, 5.41) is 14.0. The maximum absolute atomic E-state index is 9.04. The molecule has 1 heterocycles. The molecule has 0 fully saturated rings. The summed E-state index contributed by atoms with van der Waals surface area (Å²) >= 11 is 18.6. The number of imidazole rings is 1. The lowest BCUT2D eigenvalue weighted by Gasteiger charge is -2.27. The smallest absolute Gasteiger partial charge is 0.173 e. The SMILES string of the molecule is Cc1ccc(NC(=S)N(CCc2cncn2Cc2ccc(C#N)cc2)Cc2cccc(Cl)c2Cl)cc1. The van der Waals surface area contributed by atoms with Crippen LogP contribution in [-0.2, 0) is 19.5 Å². The molecule has 0 atom stereocenters. The van der Waals surface area contributed by atoms with Gasteiger partial charge < -0.3 is 14.8 Å². The average Bonchev–Trinajstić information content (AvgIpc) is 3.32. The summed E-state index contributed by atoms with van der Waals surface area (Å²) in [5.74, 6) is 0. The molecule has 0 unspecified atom stereocenters. The number of rotatable bonds is 8. The van der Waals surface area contributed by atoms with E-state index in [9.17, 15) is 0 Å². The molecule has 8 heteroatoms. The fraction of sp³-hybridized carbons (Fsp3) is 0.179. The molecule has 5 nitrogen and oxygen atoms in total. The third kappa shape index (κ3) is 6.64. The van der Waals surface area contributed by atoms with E-state index in [0.717, 1.165) is 28.9 Å². The molecule has 1 aromatic heterocycles. The number of nitrogens with zero attached hydrogens (tertiary/aromatic N) is 4. The number of halogens is 2. The number of nitrogens with one attached hydrogen (secondary N) is 1. The van der Waals surface area contributed by atoms with Crippen LogP contribution in [0.25, 0.3) is 0 Å². The van der Waals surface area contributed by atoms with E-state index >= 15 is 0 Å². The van der Waals surface area contributed by atoms with Gasteiger partial charge in [0.05, 0.1) is 28.0 Å². The van der Waals surface area contributed by atoms with Gasteiger partial charge in [0, 0.05) is 43.6 Å². The van der Waals surface area contributed by atoms with Crippen LogP contribution in [0.3, 0.4) is 0 Å². The zero-order valence-electron chi connectivity index (χ0n) is 19.8. The number of hydrogen-bond acceptors (Lipinski definition) is 3. The Morgan fingerprint density at radius 2 is 1.83 bits per heavy atom. The van der Waals surface area contributed by atoms with E-state index in [2.05, 4.69) is 32.8 Å². The Morgan fingerprint density at radius 1 is 1.08 bits per heavy atom. The van der Waals surface area contributed by atoms with Crippen molar-refractivity contribution < 1.29 is 0 Å². The van der Waals surface area contributed by atoms with Crippen molar-refractivity contribution in [3.05, 3.63) is 117 Å². The maximum Gasteiger partial charge on any atom is 0.173 e. The van der Waals surface area contributed by atoms with Gasteiger partial charge in [0.25, 0.3) is 0 Å². The standard InChI is InChI=1S/C28H25Cl2N5S/c1-20-5-11-24(12-6-20)33-28(36)34(18-23-3-2-4-26(29)27(23)30)14-13-25-16-32-19-35(25)17-22-9-7-21(15-31)8-10-22/h2-12,16,19H,13-14,17-18H2,1H3,(H,33,36). The number of aryl methyl sites for hydroxylation is 1. The third-order valence-corrected chi connectivity index (χ3v) is 7.07. The maximum atomic E-state index is 9.04. The highest BCUT2D eigenvalue weighted by Crippen LogP contribution is 2.27. The highest BCUT2D eigenvalue weighted by molar-refractivity contribution is 7.80. The van der Waals surface area contributed by atoms with E-state index in [1.54, 1.807) is 6.07 Å². The van der Waals surface area contributed by atoms with Gasteiger partial charge >= 0.3 is 0 Å². The molecule has 0 saturated carbocycles. The van der Waals surface area contributed by atoms with E-state index in [4.69, 9.17) is 40.7 Å². The lowest BCUT2D eigenvalue weighted by atomic mass is 10.1. The van der Waals surface area contributed by atoms with Crippen molar-refractivity contribution in [2.75, 3.05) is 11.9 Å². The van der Waals surface area contributed by atoms with Crippen LogP contribution < -0.4 is 5.32 Å². The van der Waals surface area contributed by atoms with Crippen molar-refractivity contribution in [2.45, 2.75) is 26.4 Å². The van der Waals surface area contributed by atoms with E-state index in [0.29, 0.717) is 40.4 Å². The first kappa shape index (κ1) is 25.7. The van der Waals surface area contributed by atoms with Crippen LogP contribution in [0.1, 0.15) is 27.9 Å². The Labute approximate surface area is 226 Å². The zero-order valence-corrected chi connectivity index (χ0v) is 22.1. The van der Waals surface area contributed by atoms with Gasteiger partial charge in [-0.2, -0.15) is 5.26 Å². The monoisotopic (exact) mass is 533 g/mol. The first-order valence-electron chi connectivity index (χ1n) is 11.5. The molecular formula is C28H25Cl2N5S. The first-order valence-corrected chi connectivity index (χ1v) is 12.6. The first-order chi connectivity index (χ1) is 17.4. The second-order valence-corrected chi connectivity index (χ2v) is 9.67. The number of thiocarbonyl (C=S) groups is 1. The summed E-state index contributed by atoms with van der Waals surface area (Å²) in [6.07, 6.45) is 4.43. The lowest BCUT2D eigenvalue weighted by Crippen LogP contribution is -2.36. The molecule has 0 spiro atoms. The number of anilines is 1. The van der Waals surface area contributed by atoms with E-state index < -0.39 is 0 Å². The van der Waals surface area contributed by atoms with Gasteiger partial charge in [0.15, 0.2) is 5.11 Å². The summed E-state index contributed by atoms with van der Waals surface area (Å²) in [4.78, 5) is 6.45. The van der Waals surface area contributed by atoms with E-state index in [1.807, 2.05) is 73.2 Å². The van der Waals surface area contributed by atoms with Crippen LogP contribution in [0.15, 0.2) is 79.3 Å². The summed E-state index contributed by atoms with van der Waals surface area (Å²) in [6, 6.07) is 23.5. The average molecular weight is 535 g/mol. The summed E-state index contributed by atoms with van der Waals surface area (Å²) in [7, 11) is 0. The van der Waals surface area contributed by atoms with Gasteiger partial charge in [-0.25, -0.2) is 4.98 Å². The molecule has 36 heavy (non-hydrogen) atoms. The molecule has 0 aliphatic carbocycles. The fourth-order valence-corrected chi connectivity index (χ4v) is 4.45. The molecule has 0 saturated heterocycles. The minimum atomic E-state index is 0.515. The minimum Gasteiger partial charge on any atom is -0.344 e. The van der Waals surface area contributed by atoms with Gasteiger partial charge in [-0.15, -0.1) is 0 Å². The minimum absolute atomic E-state index is 0.515. The van der Waals surface area contributed by atoms with Gasteiger partial charge in [-0.1, -0.05) is 65.2 Å². The van der Waals surface area contributed by atoms with Crippen molar-refractivity contribution in [3.63, 3.8) is 0 Å². The Balaban J connectivity index is 1.50. The van der Waals surface area contributed by atoms with Crippen LogP contribution >= 0.6 is 35.4 Å². The predicted octanol–water partition coefficient (Wildman–Crippen LogP) is 6.86. The normalized spacial score (nSPS) is 10.6. The predicted molar refractivity (Wildman–Crippen MR) is 150 cm³/mol. The molecule has 0 radical (unpaired) electrons. The van der Waals surface area contributed by atoms with Gasteiger partial charge in [-0.3, -0.25) is 0 Å². The zero-order chi connectivity index (χ0) is 25.5. The largest absolute Gasteiger partial charge is 0.344 e. The second kappa shape index (κ2) is 12.0. The number of aromatic nitrogens is 2. The lowest BCUT2D eigenvalue weighted by molar-refractivity contribution is 0.418. The summed E-state index contributed by atoms with van der Waals surface area (Å²) < 4.78 is 2.11. The van der Waals surface area contributed by atoms with Gasteiger partial charge in [0.2, 0.25) is 0 Å². The van der Waals surface area contributed by atoms with Gasteiger partial charge in [0.1, 0.15) is 0 Å². The Hall–Kier alpha value is -3.37. The van der Waals surface area contributed by atoms with E-state index in [-0.39, 0.29) is 0 Å². The van der Waals surface area contributed by atoms with Crippen molar-refractivity contribution in [3.8, 4) is 6.07 Å². The molecule has 4 aromatic rings. The van der Waals surface area contributed by atoms with Crippen molar-refractivity contribution >= 4 is 46.2 Å². The molecular weight excluding hydrogens is 509 g/mol. The molecule has 3 aromatic carbocycles. The van der Waals surface area contributed by atoms with Crippen molar-refractivity contribution in [1.29, 1.82) is 5.26 Å². The van der Waals surface area contributed by atoms with Crippen LogP contribution in [0, 0.1) is 18.3 Å². The number of nitriles is 1. The number of hydrogen-bond donors (Lipinski definition) is 1. The quantitative estimate of drug-likeness (QED) is 0.250. The molecule has 4 rings (SSSR count). The summed E-state index contributed by atoms with van der Waals surface area (Å²) in [5.41, 5.74) is 5.85. The van der Waals surface area contributed by atoms with Gasteiger partial charge in [-0.05, 0) is 60.6 Å². The van der Waals surface area contributed by atoms with E-state index in [1.165, 1.54) is 5.56 Å². The Morgan fingerprint density at radius 3 is 2.56 bits per heavy atom. The Bertz CT molecular complexity index is 1370. The van der Waals surface area contributed by atoms with Crippen molar-refractivity contribution in [2.24, 2.45) is 0 Å². The highest BCUT2D eigenvalue weighted by atomic mass is 35.5. The number of benzene rings is 3. The van der Waals surface area contributed by atoms with Crippen LogP contribution in [0.2, 0.25) is 10.0 Å². The van der Waals surface area contributed by atoms with Crippen LogP contribution in [-0.4, -0.2) is 26.1 Å². The van der Waals surface area contributed by atoms with Crippen LogP contribution in [0.5, 0.6) is 0 Å². The van der Waals surface area contributed by atoms with Crippen LogP contribution in [0.4, 0.5) is 5.69 Å². The van der Waals surface area contributed by atoms with Crippen molar-refractivity contribution in [1.82, 2.24) is 14.5 Å². The molecule has 1 N–H and O–H groups in total. The molecule has 0 bridgehead atoms. The third-order valence-electron chi connectivity index (χ3n) is 5.86. The molecule has 0 aliphatic heterocycles. The summed E-state index contributed by atoms with van der Waals surface area (Å²) in [6.45, 7) is 3.89. The fourth-order valence-electron chi connectivity index (χ4n) is 3.80. The topological polar surface area (TPSA) is 56.9 Å². The second-order valence-electron chi connectivity index (χ2n) is 8.50. The highest BCUT2D eigenvalue weighted by Gasteiger charge is 2.15. The molecule has 182 valence electrons. The Kier molecular flexibility index (Phi) is 8.61.